The number of nitrogens with two attached hydrogens (primary N) is 1. The van der Waals surface area contributed by atoms with Crippen molar-refractivity contribution in [1.82, 2.24) is 5.43 Å². The minimum Gasteiger partial charge on any atom is -0.457 e. The van der Waals surface area contributed by atoms with Gasteiger partial charge in [-0.05, 0) is 35.8 Å². The third kappa shape index (κ3) is 4.97. The van der Waals surface area contributed by atoms with Crippen molar-refractivity contribution in [2.75, 3.05) is 0 Å². The first-order valence-corrected chi connectivity index (χ1v) is 7.32. The van der Waals surface area contributed by atoms with E-state index in [1.165, 1.54) is 11.3 Å². The lowest BCUT2D eigenvalue weighted by Crippen LogP contribution is -2.23. The van der Waals surface area contributed by atoms with E-state index in [4.69, 9.17) is 10.5 Å². The number of nitrogens with one attached hydrogen (secondary N) is 1. The second kappa shape index (κ2) is 7.51. The van der Waals surface area contributed by atoms with Gasteiger partial charge in [-0.15, -0.1) is 11.3 Å². The van der Waals surface area contributed by atoms with Crippen molar-refractivity contribution >= 4 is 40.9 Å². The van der Waals surface area contributed by atoms with E-state index in [0.717, 1.165) is 10.4 Å². The molecule has 0 atom stereocenters. The lowest BCUT2D eigenvalue weighted by Gasteiger charge is -2.02. The molecule has 3 N–H and O–H groups in total. The molecule has 5 nitrogen and oxygen atoms in total. The van der Waals surface area contributed by atoms with Crippen LogP contribution < -0.4 is 11.2 Å². The van der Waals surface area contributed by atoms with Crippen molar-refractivity contribution < 1.29 is 9.53 Å². The monoisotopic (exact) mass is 319 g/mol. The fourth-order valence-electron chi connectivity index (χ4n) is 1.50. The van der Waals surface area contributed by atoms with E-state index < -0.39 is 0 Å². The van der Waals surface area contributed by atoms with Crippen LogP contribution in [0.25, 0.3) is 0 Å². The third-order valence-corrected chi connectivity index (χ3v) is 3.43. The van der Waals surface area contributed by atoms with Gasteiger partial charge in [-0.2, -0.15) is 5.10 Å². The molecule has 108 valence electrons. The van der Waals surface area contributed by atoms with E-state index in [0.29, 0.717) is 5.56 Å². The van der Waals surface area contributed by atoms with Gasteiger partial charge in [0.25, 0.3) is 0 Å². The maximum absolute atomic E-state index is 11.8. The Hall–Kier alpha value is -2.25. The van der Waals surface area contributed by atoms with Crippen LogP contribution in [0.4, 0.5) is 0 Å². The van der Waals surface area contributed by atoms with Gasteiger partial charge in [0.2, 0.25) is 0 Å². The highest BCUT2D eigenvalue weighted by molar-refractivity contribution is 7.80. The van der Waals surface area contributed by atoms with E-state index in [-0.39, 0.29) is 17.7 Å². The number of benzene rings is 1. The molecule has 7 heteroatoms. The molecule has 0 radical (unpaired) electrons. The van der Waals surface area contributed by atoms with Crippen LogP contribution in [0.3, 0.4) is 0 Å². The van der Waals surface area contributed by atoms with Crippen LogP contribution in [-0.2, 0) is 11.3 Å². The molecule has 0 fully saturated rings. The van der Waals surface area contributed by atoms with Gasteiger partial charge in [0.15, 0.2) is 5.11 Å². The van der Waals surface area contributed by atoms with Crippen molar-refractivity contribution in [1.29, 1.82) is 0 Å². The van der Waals surface area contributed by atoms with E-state index in [9.17, 15) is 4.79 Å². The highest BCUT2D eigenvalue weighted by Crippen LogP contribution is 2.14. The Labute approximate surface area is 131 Å². The first-order chi connectivity index (χ1) is 10.1. The number of rotatable bonds is 5. The summed E-state index contributed by atoms with van der Waals surface area (Å²) >= 11 is 6.12. The van der Waals surface area contributed by atoms with E-state index >= 15 is 0 Å². The highest BCUT2D eigenvalue weighted by atomic mass is 32.1. The smallest absolute Gasteiger partial charge is 0.338 e. The van der Waals surface area contributed by atoms with Gasteiger partial charge in [-0.3, -0.25) is 5.43 Å². The fraction of sp³-hybridized carbons (Fsp3) is 0.0714. The quantitative estimate of drug-likeness (QED) is 0.383. The Morgan fingerprint density at radius 2 is 2.19 bits per heavy atom. The minimum absolute atomic E-state index is 0.111. The second-order valence-electron chi connectivity index (χ2n) is 4.03. The Kier molecular flexibility index (Phi) is 5.42. The van der Waals surface area contributed by atoms with Crippen molar-refractivity contribution in [3.05, 3.63) is 57.8 Å². The molecule has 1 aromatic heterocycles. The van der Waals surface area contributed by atoms with Gasteiger partial charge < -0.3 is 10.5 Å². The number of hydrogen-bond acceptors (Lipinski definition) is 5. The van der Waals surface area contributed by atoms with Crippen molar-refractivity contribution in [2.45, 2.75) is 6.61 Å². The summed E-state index contributed by atoms with van der Waals surface area (Å²) in [6.45, 7) is 0.223. The molecule has 0 amide bonds. The maximum Gasteiger partial charge on any atom is 0.338 e. The largest absolute Gasteiger partial charge is 0.457 e. The summed E-state index contributed by atoms with van der Waals surface area (Å²) in [5, 5.41) is 5.87. The lowest BCUT2D eigenvalue weighted by atomic mass is 10.2. The number of hydrogen-bond donors (Lipinski definition) is 2. The molecule has 0 aliphatic rings. The minimum atomic E-state index is -0.341. The average molecular weight is 319 g/mol. The number of hydrazone groups is 1. The molecule has 21 heavy (non-hydrogen) atoms. The standard InChI is InChI=1S/C14H13N3O2S2/c15-14(20)17-16-7-12-6-10(9-21-12)8-19-13(18)11-4-2-1-3-5-11/h1-7,9H,8H2,(H3,15,17,20)/b16-7+. The Balaban J connectivity index is 1.87. The van der Waals surface area contributed by atoms with Crippen molar-refractivity contribution in [2.24, 2.45) is 10.8 Å². The normalized spacial score (nSPS) is 10.5. The predicted molar refractivity (Wildman–Crippen MR) is 87.4 cm³/mol. The summed E-state index contributed by atoms with van der Waals surface area (Å²) in [6, 6.07) is 10.8. The van der Waals surface area contributed by atoms with E-state index in [1.54, 1.807) is 30.5 Å². The first kappa shape index (κ1) is 15.1. The predicted octanol–water partition coefficient (Wildman–Crippen LogP) is 2.27. The number of esters is 1. The second-order valence-corrected chi connectivity index (χ2v) is 5.42. The maximum atomic E-state index is 11.8. The van der Waals surface area contributed by atoms with Gasteiger partial charge in [0, 0.05) is 10.4 Å². The zero-order chi connectivity index (χ0) is 15.1. The van der Waals surface area contributed by atoms with Crippen LogP contribution in [0.2, 0.25) is 0 Å². The van der Waals surface area contributed by atoms with Crippen LogP contribution in [0, 0.1) is 0 Å². The topological polar surface area (TPSA) is 76.7 Å². The van der Waals surface area contributed by atoms with Gasteiger partial charge in [-0.25, -0.2) is 4.79 Å². The molecule has 0 saturated carbocycles. The summed E-state index contributed by atoms with van der Waals surface area (Å²) in [5.74, 6) is -0.341. The molecule has 0 spiro atoms. The third-order valence-electron chi connectivity index (χ3n) is 2.42. The molecular formula is C14H13N3O2S2. The van der Waals surface area contributed by atoms with Crippen LogP contribution in [0.15, 0.2) is 46.9 Å². The zero-order valence-electron chi connectivity index (χ0n) is 11.0. The van der Waals surface area contributed by atoms with Gasteiger partial charge in [0.1, 0.15) is 6.61 Å². The molecule has 0 aliphatic heterocycles. The van der Waals surface area contributed by atoms with E-state index in [1.807, 2.05) is 17.5 Å². The number of nitrogens with zero attached hydrogens (tertiary/aromatic N) is 1. The number of carbonyl (C=O) groups excluding carboxylic acids is 1. The SMILES string of the molecule is NC(=S)N/N=C/c1cc(COC(=O)c2ccccc2)cs1. The van der Waals surface area contributed by atoms with Crippen molar-refractivity contribution in [3.63, 3.8) is 0 Å². The molecule has 0 aliphatic carbocycles. The van der Waals surface area contributed by atoms with Gasteiger partial charge in [0.05, 0.1) is 11.8 Å². The lowest BCUT2D eigenvalue weighted by molar-refractivity contribution is 0.0473. The van der Waals surface area contributed by atoms with Crippen LogP contribution >= 0.6 is 23.6 Å². The number of thiocarbonyl (C=S) groups is 1. The summed E-state index contributed by atoms with van der Waals surface area (Å²) in [4.78, 5) is 12.7. The zero-order valence-corrected chi connectivity index (χ0v) is 12.6. The van der Waals surface area contributed by atoms with Gasteiger partial charge in [-0.1, -0.05) is 18.2 Å². The molecule has 2 aromatic rings. The van der Waals surface area contributed by atoms with Crippen LogP contribution in [-0.4, -0.2) is 17.3 Å². The van der Waals surface area contributed by atoms with Crippen LogP contribution in [0.1, 0.15) is 20.8 Å². The Bertz CT molecular complexity index is 653. The molecule has 1 heterocycles. The molecule has 2 rings (SSSR count). The van der Waals surface area contributed by atoms with Gasteiger partial charge >= 0.3 is 5.97 Å². The summed E-state index contributed by atoms with van der Waals surface area (Å²) < 4.78 is 5.24. The van der Waals surface area contributed by atoms with Crippen LogP contribution in [0.5, 0.6) is 0 Å². The summed E-state index contributed by atoms with van der Waals surface area (Å²) in [5.41, 5.74) is 9.17. The number of thiophene rings is 1. The Morgan fingerprint density at radius 1 is 1.43 bits per heavy atom. The summed E-state index contributed by atoms with van der Waals surface area (Å²) in [7, 11) is 0. The molecule has 1 aromatic carbocycles. The van der Waals surface area contributed by atoms with E-state index in [2.05, 4.69) is 22.7 Å². The molecule has 0 bridgehead atoms. The average Bonchev–Trinajstić information content (AvgIpc) is 2.93. The molecule has 0 unspecified atom stereocenters. The molecular weight excluding hydrogens is 306 g/mol. The highest BCUT2D eigenvalue weighted by Gasteiger charge is 2.07. The number of ether oxygens (including phenoxy) is 1. The number of carbonyl (C=O) groups is 1. The fourth-order valence-corrected chi connectivity index (χ4v) is 2.31. The van der Waals surface area contributed by atoms with Crippen molar-refractivity contribution in [3.8, 4) is 0 Å². The Morgan fingerprint density at radius 3 is 2.90 bits per heavy atom. The summed E-state index contributed by atoms with van der Waals surface area (Å²) in [6.07, 6.45) is 1.60. The first-order valence-electron chi connectivity index (χ1n) is 6.03. The molecule has 0 saturated heterocycles.